The highest BCUT2D eigenvalue weighted by Crippen LogP contribution is 2.27. The van der Waals surface area contributed by atoms with Gasteiger partial charge in [-0.3, -0.25) is 0 Å². The summed E-state index contributed by atoms with van der Waals surface area (Å²) >= 11 is 4.83. The molecular weight excluding hydrogens is 328 g/mol. The zero-order valence-electron chi connectivity index (χ0n) is 10.6. The first-order chi connectivity index (χ1) is 9.11. The average molecular weight is 341 g/mol. The molecule has 1 aromatic heterocycles. The minimum Gasteiger partial charge on any atom is -0.461 e. The van der Waals surface area contributed by atoms with Gasteiger partial charge in [-0.15, -0.1) is 11.3 Å². The molecule has 0 radical (unpaired) electrons. The molecule has 0 fully saturated rings. The van der Waals surface area contributed by atoms with Gasteiger partial charge in [0.25, 0.3) is 0 Å². The predicted molar refractivity (Wildman–Crippen MR) is 80.2 cm³/mol. The number of hydrogen-bond acceptors (Lipinski definition) is 5. The Hall–Kier alpha value is -1.40. The second kappa shape index (κ2) is 6.16. The van der Waals surface area contributed by atoms with Gasteiger partial charge < -0.3 is 10.1 Å². The maximum atomic E-state index is 11.7. The number of aryl methyl sites for hydroxylation is 1. The number of anilines is 2. The summed E-state index contributed by atoms with van der Waals surface area (Å²) in [4.78, 5) is 15.8. The van der Waals surface area contributed by atoms with Crippen LogP contribution in [0.3, 0.4) is 0 Å². The molecule has 1 aromatic carbocycles. The zero-order valence-corrected chi connectivity index (χ0v) is 13.0. The summed E-state index contributed by atoms with van der Waals surface area (Å²) < 4.78 is 6.01. The molecule has 0 aliphatic carbocycles. The fourth-order valence-corrected chi connectivity index (χ4v) is 2.47. The third-order valence-corrected chi connectivity index (χ3v) is 4.08. The van der Waals surface area contributed by atoms with Gasteiger partial charge in [0.15, 0.2) is 5.69 Å². The van der Waals surface area contributed by atoms with E-state index >= 15 is 0 Å². The number of ether oxygens (including phenoxy) is 1. The molecule has 4 nitrogen and oxygen atoms in total. The highest BCUT2D eigenvalue weighted by atomic mass is 79.9. The van der Waals surface area contributed by atoms with Crippen molar-refractivity contribution in [1.29, 1.82) is 0 Å². The summed E-state index contributed by atoms with van der Waals surface area (Å²) in [5.41, 5.74) is 3.98. The van der Waals surface area contributed by atoms with Gasteiger partial charge in [-0.2, -0.15) is 0 Å². The molecule has 6 heteroatoms. The van der Waals surface area contributed by atoms with E-state index in [1.54, 1.807) is 12.4 Å². The smallest absolute Gasteiger partial charge is 0.360 e. The van der Waals surface area contributed by atoms with Crippen molar-refractivity contribution in [2.45, 2.75) is 13.8 Å². The number of halogens is 1. The SMILES string of the molecule is CCOC(=O)c1ncsc1Nc1ccc(Br)c(C)c1. The summed E-state index contributed by atoms with van der Waals surface area (Å²) in [6, 6.07) is 5.90. The van der Waals surface area contributed by atoms with E-state index in [1.807, 2.05) is 25.1 Å². The molecule has 2 rings (SSSR count). The highest BCUT2D eigenvalue weighted by Gasteiger charge is 2.16. The topological polar surface area (TPSA) is 51.2 Å². The Morgan fingerprint density at radius 3 is 3.00 bits per heavy atom. The maximum Gasteiger partial charge on any atom is 0.360 e. The van der Waals surface area contributed by atoms with Gasteiger partial charge in [0, 0.05) is 10.2 Å². The molecule has 0 spiro atoms. The highest BCUT2D eigenvalue weighted by molar-refractivity contribution is 9.10. The Kier molecular flexibility index (Phi) is 4.55. The summed E-state index contributed by atoms with van der Waals surface area (Å²) in [6.07, 6.45) is 0. The van der Waals surface area contributed by atoms with Crippen molar-refractivity contribution in [3.8, 4) is 0 Å². The van der Waals surface area contributed by atoms with Crippen LogP contribution in [0.1, 0.15) is 23.0 Å². The van der Waals surface area contributed by atoms with Crippen LogP contribution >= 0.6 is 27.3 Å². The average Bonchev–Trinajstić information content (AvgIpc) is 2.82. The van der Waals surface area contributed by atoms with E-state index in [2.05, 4.69) is 26.2 Å². The van der Waals surface area contributed by atoms with Crippen molar-refractivity contribution in [2.75, 3.05) is 11.9 Å². The van der Waals surface area contributed by atoms with Crippen molar-refractivity contribution in [2.24, 2.45) is 0 Å². The standard InChI is InChI=1S/C13H13BrN2O2S/c1-3-18-13(17)11-12(19-7-15-11)16-9-4-5-10(14)8(2)6-9/h4-7,16H,3H2,1-2H3. The van der Waals surface area contributed by atoms with Gasteiger partial charge >= 0.3 is 5.97 Å². The normalized spacial score (nSPS) is 10.3. The predicted octanol–water partition coefficient (Wildman–Crippen LogP) is 4.13. The van der Waals surface area contributed by atoms with Crippen LogP contribution in [-0.4, -0.2) is 17.6 Å². The van der Waals surface area contributed by atoms with Crippen LogP contribution in [-0.2, 0) is 4.74 Å². The number of benzene rings is 1. The first-order valence-electron chi connectivity index (χ1n) is 5.75. The maximum absolute atomic E-state index is 11.7. The van der Waals surface area contributed by atoms with Crippen molar-refractivity contribution in [3.63, 3.8) is 0 Å². The van der Waals surface area contributed by atoms with E-state index in [-0.39, 0.29) is 0 Å². The number of hydrogen-bond donors (Lipinski definition) is 1. The van der Waals surface area contributed by atoms with Crippen molar-refractivity contribution >= 4 is 43.9 Å². The lowest BCUT2D eigenvalue weighted by Crippen LogP contribution is -2.07. The second-order valence-corrected chi connectivity index (χ2v) is 5.55. The third kappa shape index (κ3) is 3.33. The first-order valence-corrected chi connectivity index (χ1v) is 7.43. The van der Waals surface area contributed by atoms with Crippen LogP contribution in [0, 0.1) is 6.92 Å². The molecule has 0 saturated heterocycles. The Bertz CT molecular complexity index is 598. The number of carbonyl (C=O) groups is 1. The first kappa shape index (κ1) is 14.0. The molecule has 1 N–H and O–H groups in total. The molecule has 100 valence electrons. The monoisotopic (exact) mass is 340 g/mol. The second-order valence-electron chi connectivity index (χ2n) is 3.84. The molecule has 2 aromatic rings. The summed E-state index contributed by atoms with van der Waals surface area (Å²) in [6.45, 7) is 4.12. The molecular formula is C13H13BrN2O2S. The molecule has 19 heavy (non-hydrogen) atoms. The Balaban J connectivity index is 2.21. The lowest BCUT2D eigenvalue weighted by atomic mass is 10.2. The molecule has 0 amide bonds. The molecule has 1 heterocycles. The van der Waals surface area contributed by atoms with E-state index < -0.39 is 5.97 Å². The largest absolute Gasteiger partial charge is 0.461 e. The van der Waals surface area contributed by atoms with Crippen LogP contribution in [0.2, 0.25) is 0 Å². The van der Waals surface area contributed by atoms with E-state index in [4.69, 9.17) is 4.74 Å². The minimum absolute atomic E-state index is 0.326. The molecule has 0 unspecified atom stereocenters. The quantitative estimate of drug-likeness (QED) is 0.850. The lowest BCUT2D eigenvalue weighted by Gasteiger charge is -2.07. The fraction of sp³-hybridized carbons (Fsp3) is 0.231. The Morgan fingerprint density at radius 1 is 1.53 bits per heavy atom. The van der Waals surface area contributed by atoms with Crippen LogP contribution in [0.4, 0.5) is 10.7 Å². The van der Waals surface area contributed by atoms with Crippen molar-refractivity contribution < 1.29 is 9.53 Å². The fourth-order valence-electron chi connectivity index (χ4n) is 1.53. The summed E-state index contributed by atoms with van der Waals surface area (Å²) in [5, 5.41) is 3.89. The van der Waals surface area contributed by atoms with Crippen LogP contribution in [0.25, 0.3) is 0 Å². The number of nitrogens with one attached hydrogen (secondary N) is 1. The van der Waals surface area contributed by atoms with Gasteiger partial charge in [0.2, 0.25) is 0 Å². The minimum atomic E-state index is -0.403. The molecule has 0 bridgehead atoms. The van der Waals surface area contributed by atoms with Crippen LogP contribution in [0.5, 0.6) is 0 Å². The molecule has 0 aliphatic rings. The summed E-state index contributed by atoms with van der Waals surface area (Å²) in [7, 11) is 0. The lowest BCUT2D eigenvalue weighted by molar-refractivity contribution is 0.0521. The molecule has 0 aliphatic heterocycles. The van der Waals surface area contributed by atoms with E-state index in [0.29, 0.717) is 17.3 Å². The van der Waals surface area contributed by atoms with Crippen LogP contribution < -0.4 is 5.32 Å². The number of carbonyl (C=O) groups excluding carboxylic acids is 1. The Morgan fingerprint density at radius 2 is 2.32 bits per heavy atom. The number of esters is 1. The van der Waals surface area contributed by atoms with E-state index in [1.165, 1.54) is 11.3 Å². The zero-order chi connectivity index (χ0) is 13.8. The third-order valence-electron chi connectivity index (χ3n) is 2.45. The van der Waals surface area contributed by atoms with E-state index in [0.717, 1.165) is 15.7 Å². The van der Waals surface area contributed by atoms with Gasteiger partial charge in [-0.1, -0.05) is 15.9 Å². The van der Waals surface area contributed by atoms with Gasteiger partial charge in [0.05, 0.1) is 12.1 Å². The van der Waals surface area contributed by atoms with Crippen LogP contribution in [0.15, 0.2) is 28.2 Å². The Labute approximate surface area is 124 Å². The number of nitrogens with zero attached hydrogens (tertiary/aromatic N) is 1. The number of rotatable bonds is 4. The van der Waals surface area contributed by atoms with Gasteiger partial charge in [-0.25, -0.2) is 9.78 Å². The van der Waals surface area contributed by atoms with Crippen molar-refractivity contribution in [3.05, 3.63) is 39.4 Å². The molecule has 0 atom stereocenters. The van der Waals surface area contributed by atoms with Crippen molar-refractivity contribution in [1.82, 2.24) is 4.98 Å². The van der Waals surface area contributed by atoms with E-state index in [9.17, 15) is 4.79 Å². The van der Waals surface area contributed by atoms with Gasteiger partial charge in [0.1, 0.15) is 5.00 Å². The molecule has 0 saturated carbocycles. The number of aromatic nitrogens is 1. The number of thiazole rings is 1. The summed E-state index contributed by atoms with van der Waals surface area (Å²) in [5.74, 6) is -0.403. The van der Waals surface area contributed by atoms with Gasteiger partial charge in [-0.05, 0) is 37.6 Å².